The molecule has 0 aliphatic carbocycles. The lowest BCUT2D eigenvalue weighted by atomic mass is 9.96. The van der Waals surface area contributed by atoms with Crippen molar-refractivity contribution in [1.82, 2.24) is 36.4 Å². The topological polar surface area (TPSA) is 366 Å². The zero-order chi connectivity index (χ0) is 60.4. The number of rotatable bonds is 15. The largest absolute Gasteiger partial charge is 0.508 e. The van der Waals surface area contributed by atoms with Gasteiger partial charge in [-0.1, -0.05) is 87.4 Å². The van der Waals surface area contributed by atoms with Crippen molar-refractivity contribution in [3.8, 4) is 33.8 Å². The number of ether oxygens (including phenoxy) is 2. The number of aliphatic hydroxyl groups is 7. The number of amides is 7. The Morgan fingerprint density at radius 3 is 1.73 bits per heavy atom. The number of phenols is 1. The van der Waals surface area contributed by atoms with E-state index in [1.165, 1.54) is 43.3 Å². The Morgan fingerprint density at radius 2 is 1.18 bits per heavy atom. The number of benzene rings is 4. The van der Waals surface area contributed by atoms with Crippen LogP contribution in [0.2, 0.25) is 0 Å². The van der Waals surface area contributed by atoms with Gasteiger partial charge in [0.15, 0.2) is 6.23 Å². The van der Waals surface area contributed by atoms with Gasteiger partial charge in [-0.2, -0.15) is 0 Å². The molecular formula is C59H75N7O17. The molecule has 2 unspecified atom stereocenters. The maximum absolute atomic E-state index is 14.5. The summed E-state index contributed by atoms with van der Waals surface area (Å²) in [5.74, 6) is -8.26. The van der Waals surface area contributed by atoms with E-state index < -0.39 is 152 Å². The maximum Gasteiger partial charge on any atom is 0.251 e. The number of methoxy groups -OCH3 is 1. The quantitative estimate of drug-likeness (QED) is 0.0681. The summed E-state index contributed by atoms with van der Waals surface area (Å²) >= 11 is 0. The second-order valence-electron chi connectivity index (χ2n) is 21.5. The third-order valence-electron chi connectivity index (χ3n) is 15.3. The lowest BCUT2D eigenvalue weighted by Gasteiger charge is -2.34. The van der Waals surface area contributed by atoms with Gasteiger partial charge in [0.05, 0.1) is 31.0 Å². The lowest BCUT2D eigenvalue weighted by molar-refractivity contribution is -0.149. The number of aromatic hydroxyl groups is 1. The molecule has 0 spiro atoms. The molecule has 0 saturated carbocycles. The highest BCUT2D eigenvalue weighted by Crippen LogP contribution is 2.30. The molecule has 3 fully saturated rings. The molecule has 13 N–H and O–H groups in total. The Morgan fingerprint density at radius 1 is 0.651 bits per heavy atom. The Bertz CT molecular complexity index is 2890. The maximum atomic E-state index is 14.5. The van der Waals surface area contributed by atoms with Crippen molar-refractivity contribution in [2.75, 3.05) is 26.8 Å². The summed E-state index contributed by atoms with van der Waals surface area (Å²) in [7, 11) is 1.08. The fraction of sp³-hybridized carbons (Fsp3) is 0.475. The van der Waals surface area contributed by atoms with E-state index in [4.69, 9.17) is 9.47 Å². The van der Waals surface area contributed by atoms with Crippen molar-refractivity contribution < 1.29 is 83.9 Å². The van der Waals surface area contributed by atoms with Gasteiger partial charge < -0.3 is 86.7 Å². The molecule has 3 aliphatic rings. The summed E-state index contributed by atoms with van der Waals surface area (Å²) in [6.45, 7) is 5.63. The standard InChI is InChI=1S/C59H75N7O17/c1-6-7-8-25-83-41-23-19-36(20-24-41)34-11-9-33(10-12-34)35-13-15-38(16-14-35)52(75)60-42-27-44(71)57(82-5)64-56(79)48-49(72)30(2)28-66(48)59(81)46(32(4)68)62-55(78)47(51(74)50(73)37-17-21-39(69)22-18-37)63-54(77)43-26-40(70)29-65(43)58(80)45(31(3)67)61-53(42)76/h9-24,30-32,40,42-51,57,67-74H,6-8,25-29H2,1-5H3,(H,60,75)(H,61,76)(H,62,78)(H,63,77)(H,64,79)/t30-,31+,32+,40+,42-,43-,44+,45?,46-,47?,48-,49-,50-,51-,57+/m0/s1. The fourth-order valence-corrected chi connectivity index (χ4v) is 10.4. The third-order valence-corrected chi connectivity index (χ3v) is 15.3. The van der Waals surface area contributed by atoms with Crippen LogP contribution in [0.1, 0.15) is 81.8 Å². The number of phenolic OH excluding ortho intramolecular Hbond substituents is 1. The Kier molecular flexibility index (Phi) is 21.4. The molecule has 7 amide bonds. The highest BCUT2D eigenvalue weighted by Gasteiger charge is 2.50. The summed E-state index contributed by atoms with van der Waals surface area (Å²) in [4.78, 5) is 102. The van der Waals surface area contributed by atoms with Gasteiger partial charge in [0, 0.05) is 44.5 Å². The number of carbonyl (C=O) groups excluding carboxylic acids is 7. The van der Waals surface area contributed by atoms with Crippen LogP contribution < -0.4 is 31.3 Å². The first-order valence-corrected chi connectivity index (χ1v) is 27.7. The smallest absolute Gasteiger partial charge is 0.251 e. The van der Waals surface area contributed by atoms with E-state index in [1.807, 2.05) is 48.5 Å². The SMILES string of the molecule is CCCCCOc1ccc(-c2ccc(-c3ccc(C(=O)N[C@H]4C[C@@H](O)[C@@H](OC)NC(=O)[C@@H]5[C@@H](O)[C@@H](C)CN5C(=O)[C@H]([C@@H](C)O)NC(=O)C([C@H](O)[C@@H](O)c5ccc(O)cc5)NC(=O)[C@@H]5C[C@@H](O)CN5C(=O)C([C@@H](C)O)NC4=O)cc3)cc2)cc1. The van der Waals surface area contributed by atoms with Crippen LogP contribution in [0.5, 0.6) is 11.5 Å². The highest BCUT2D eigenvalue weighted by molar-refractivity contribution is 6.00. The van der Waals surface area contributed by atoms with E-state index in [2.05, 4.69) is 33.5 Å². The molecule has 448 valence electrons. The predicted octanol–water partition coefficient (Wildman–Crippen LogP) is -0.273. The van der Waals surface area contributed by atoms with Crippen LogP contribution in [-0.4, -0.2) is 198 Å². The van der Waals surface area contributed by atoms with Crippen molar-refractivity contribution >= 4 is 41.4 Å². The Balaban J connectivity index is 1.19. The van der Waals surface area contributed by atoms with Crippen molar-refractivity contribution in [2.24, 2.45) is 5.92 Å². The van der Waals surface area contributed by atoms with Crippen molar-refractivity contribution in [3.63, 3.8) is 0 Å². The minimum absolute atomic E-state index is 0.0447. The minimum atomic E-state index is -2.28. The van der Waals surface area contributed by atoms with Gasteiger partial charge in [0.2, 0.25) is 35.4 Å². The molecule has 24 nitrogen and oxygen atoms in total. The van der Waals surface area contributed by atoms with Gasteiger partial charge in [0.25, 0.3) is 5.91 Å². The number of fused-ring (bicyclic) bond motifs is 2. The number of nitrogens with one attached hydrogen (secondary N) is 5. The fourth-order valence-electron chi connectivity index (χ4n) is 10.4. The number of hydrogen-bond acceptors (Lipinski definition) is 17. The molecule has 0 radical (unpaired) electrons. The average Bonchev–Trinajstić information content (AvgIpc) is 4.24. The molecule has 7 rings (SSSR count). The number of nitrogens with zero attached hydrogens (tertiary/aromatic N) is 2. The lowest BCUT2D eigenvalue weighted by Crippen LogP contribution is -2.64. The second kappa shape index (κ2) is 28.1. The Labute approximate surface area is 479 Å². The molecule has 3 saturated heterocycles. The van der Waals surface area contributed by atoms with Gasteiger partial charge in [-0.15, -0.1) is 0 Å². The van der Waals surface area contributed by atoms with E-state index in [0.29, 0.717) is 6.61 Å². The van der Waals surface area contributed by atoms with Crippen molar-refractivity contribution in [2.45, 2.75) is 145 Å². The van der Waals surface area contributed by atoms with Crippen LogP contribution in [0.25, 0.3) is 22.3 Å². The number of unbranched alkanes of at least 4 members (excludes halogenated alkanes) is 2. The molecule has 3 heterocycles. The molecule has 4 aromatic carbocycles. The van der Waals surface area contributed by atoms with E-state index in [1.54, 1.807) is 12.1 Å². The first-order chi connectivity index (χ1) is 39.5. The first kappa shape index (κ1) is 63.0. The molecule has 3 aliphatic heterocycles. The zero-order valence-corrected chi connectivity index (χ0v) is 46.7. The number of aliphatic hydroxyl groups excluding tert-OH is 7. The summed E-state index contributed by atoms with van der Waals surface area (Å²) in [5.41, 5.74) is 3.47. The average molecular weight is 1150 g/mol. The van der Waals surface area contributed by atoms with E-state index in [-0.39, 0.29) is 23.4 Å². The third kappa shape index (κ3) is 15.2. The molecule has 4 aromatic rings. The highest BCUT2D eigenvalue weighted by atomic mass is 16.5. The monoisotopic (exact) mass is 1150 g/mol. The zero-order valence-electron chi connectivity index (χ0n) is 46.7. The predicted molar refractivity (Wildman–Crippen MR) is 298 cm³/mol. The molecule has 24 heteroatoms. The van der Waals surface area contributed by atoms with Crippen LogP contribution in [0, 0.1) is 5.92 Å². The number of carbonyl (C=O) groups is 7. The van der Waals surface area contributed by atoms with Gasteiger partial charge in [-0.05, 0) is 84.5 Å². The summed E-state index contributed by atoms with van der Waals surface area (Å²) in [5, 5.41) is 101. The van der Waals surface area contributed by atoms with Gasteiger partial charge in [-0.3, -0.25) is 33.6 Å². The van der Waals surface area contributed by atoms with Crippen LogP contribution in [0.4, 0.5) is 0 Å². The molecule has 83 heavy (non-hydrogen) atoms. The summed E-state index contributed by atoms with van der Waals surface area (Å²) < 4.78 is 11.3. The van der Waals surface area contributed by atoms with Crippen molar-refractivity contribution in [1.29, 1.82) is 0 Å². The minimum Gasteiger partial charge on any atom is -0.508 e. The summed E-state index contributed by atoms with van der Waals surface area (Å²) in [6.07, 6.45) is -12.5. The van der Waals surface area contributed by atoms with Crippen molar-refractivity contribution in [3.05, 3.63) is 108 Å². The van der Waals surface area contributed by atoms with E-state index in [0.717, 1.165) is 78.0 Å². The van der Waals surface area contributed by atoms with E-state index in [9.17, 15) is 74.4 Å². The molecule has 0 aromatic heterocycles. The summed E-state index contributed by atoms with van der Waals surface area (Å²) in [6, 6.07) is 15.2. The molecule has 0 bridgehead atoms. The van der Waals surface area contributed by atoms with Gasteiger partial charge in [-0.25, -0.2) is 0 Å². The first-order valence-electron chi connectivity index (χ1n) is 27.7. The normalized spacial score (nSPS) is 27.3. The van der Waals surface area contributed by atoms with Crippen LogP contribution in [0.15, 0.2) is 97.1 Å². The Hall–Kier alpha value is -7.55. The molecule has 15 atom stereocenters. The second-order valence-corrected chi connectivity index (χ2v) is 21.5. The molecular weight excluding hydrogens is 1080 g/mol. The van der Waals surface area contributed by atoms with Crippen LogP contribution >= 0.6 is 0 Å². The van der Waals surface area contributed by atoms with Gasteiger partial charge >= 0.3 is 0 Å². The van der Waals surface area contributed by atoms with Gasteiger partial charge in [0.1, 0.15) is 66.1 Å². The van der Waals surface area contributed by atoms with Crippen LogP contribution in [0.3, 0.4) is 0 Å². The van der Waals surface area contributed by atoms with Crippen LogP contribution in [-0.2, 0) is 33.5 Å². The number of hydrogen-bond donors (Lipinski definition) is 13. The van der Waals surface area contributed by atoms with E-state index >= 15 is 0 Å².